The van der Waals surface area contributed by atoms with E-state index in [1.807, 2.05) is 23.1 Å². The highest BCUT2D eigenvalue weighted by Gasteiger charge is 2.35. The summed E-state index contributed by atoms with van der Waals surface area (Å²) in [6, 6.07) is 5.57. The van der Waals surface area contributed by atoms with Gasteiger partial charge in [-0.2, -0.15) is 0 Å². The maximum Gasteiger partial charge on any atom is 0.321 e. The molecule has 3 aliphatic rings. The molecule has 1 saturated heterocycles. The lowest BCUT2D eigenvalue weighted by atomic mass is 9.86. The Hall–Kier alpha value is -2.17. The lowest BCUT2D eigenvalue weighted by molar-refractivity contribution is 0.220. The molecule has 1 aromatic rings. The quantitative estimate of drug-likeness (QED) is 0.809. The molecule has 2 heterocycles. The third kappa shape index (κ3) is 3.00. The van der Waals surface area contributed by atoms with Crippen molar-refractivity contribution in [2.75, 3.05) is 31.6 Å². The number of benzene rings is 1. The molecule has 1 fully saturated rings. The van der Waals surface area contributed by atoms with Gasteiger partial charge in [-0.05, 0) is 36.8 Å². The number of urea groups is 1. The van der Waals surface area contributed by atoms with Crippen molar-refractivity contribution in [3.05, 3.63) is 30.4 Å². The molecule has 5 nitrogen and oxygen atoms in total. The molecule has 0 spiro atoms. The molecule has 0 aromatic heterocycles. The fraction of sp³-hybridized carbons (Fsp3) is 0.500. The van der Waals surface area contributed by atoms with Gasteiger partial charge in [0.2, 0.25) is 0 Å². The lowest BCUT2D eigenvalue weighted by Gasteiger charge is -2.18. The van der Waals surface area contributed by atoms with Crippen LogP contribution in [0.4, 0.5) is 10.5 Å². The van der Waals surface area contributed by atoms with Crippen LogP contribution in [-0.2, 0) is 0 Å². The van der Waals surface area contributed by atoms with E-state index in [-0.39, 0.29) is 6.03 Å². The van der Waals surface area contributed by atoms with E-state index >= 15 is 0 Å². The first-order chi connectivity index (χ1) is 11.3. The molecule has 0 radical (unpaired) electrons. The summed E-state index contributed by atoms with van der Waals surface area (Å²) in [5.41, 5.74) is 0.757. The minimum Gasteiger partial charge on any atom is -0.490 e. The van der Waals surface area contributed by atoms with Gasteiger partial charge >= 0.3 is 6.03 Å². The van der Waals surface area contributed by atoms with Gasteiger partial charge in [-0.3, -0.25) is 0 Å². The van der Waals surface area contributed by atoms with Crippen LogP contribution in [0.15, 0.2) is 30.4 Å². The second-order valence-corrected chi connectivity index (χ2v) is 6.51. The number of ether oxygens (including phenoxy) is 2. The number of likely N-dealkylation sites (tertiary alicyclic amines) is 1. The number of rotatable bonds is 1. The highest BCUT2D eigenvalue weighted by Crippen LogP contribution is 2.34. The summed E-state index contributed by atoms with van der Waals surface area (Å²) < 4.78 is 11.3. The molecule has 1 N–H and O–H groups in total. The summed E-state index contributed by atoms with van der Waals surface area (Å²) >= 11 is 0. The van der Waals surface area contributed by atoms with Crippen molar-refractivity contribution in [2.24, 2.45) is 11.8 Å². The molecule has 0 saturated carbocycles. The van der Waals surface area contributed by atoms with E-state index in [9.17, 15) is 4.79 Å². The Bertz CT molecular complexity index is 613. The molecular formula is C18H22N2O3. The second kappa shape index (κ2) is 6.14. The van der Waals surface area contributed by atoms with Crippen LogP contribution < -0.4 is 14.8 Å². The van der Waals surface area contributed by atoms with Crippen molar-refractivity contribution in [3.63, 3.8) is 0 Å². The number of anilines is 1. The maximum absolute atomic E-state index is 12.5. The van der Waals surface area contributed by atoms with Crippen LogP contribution in [0.1, 0.15) is 19.3 Å². The zero-order chi connectivity index (χ0) is 15.6. The summed E-state index contributed by atoms with van der Waals surface area (Å²) in [5, 5.41) is 3.00. The molecule has 0 unspecified atom stereocenters. The Morgan fingerprint density at radius 2 is 1.74 bits per heavy atom. The SMILES string of the molecule is O=C(Nc1ccc2c(c1)OCCCO2)N1C[C@@H]2CC=CC[C@H]2C1. The lowest BCUT2D eigenvalue weighted by Crippen LogP contribution is -2.33. The van der Waals surface area contributed by atoms with Crippen molar-refractivity contribution in [1.82, 2.24) is 4.90 Å². The topological polar surface area (TPSA) is 50.8 Å². The summed E-state index contributed by atoms with van der Waals surface area (Å²) in [6.45, 7) is 3.02. The van der Waals surface area contributed by atoms with E-state index in [1.165, 1.54) is 0 Å². The van der Waals surface area contributed by atoms with Crippen molar-refractivity contribution >= 4 is 11.7 Å². The number of nitrogens with one attached hydrogen (secondary N) is 1. The standard InChI is InChI=1S/C18H22N2O3/c21-18(20-11-13-4-1-2-5-14(13)12-20)19-15-6-7-16-17(10-15)23-9-3-8-22-16/h1-2,6-7,10,13-14H,3-5,8-9,11-12H2,(H,19,21)/t13-,14-/m0/s1. The largest absolute Gasteiger partial charge is 0.490 e. The zero-order valence-electron chi connectivity index (χ0n) is 13.2. The molecule has 2 amide bonds. The molecule has 5 heteroatoms. The van der Waals surface area contributed by atoms with E-state index in [0.717, 1.165) is 43.8 Å². The van der Waals surface area contributed by atoms with Gasteiger partial charge in [0, 0.05) is 31.3 Å². The van der Waals surface area contributed by atoms with Crippen molar-refractivity contribution < 1.29 is 14.3 Å². The number of hydrogen-bond donors (Lipinski definition) is 1. The fourth-order valence-electron chi connectivity index (χ4n) is 3.62. The van der Waals surface area contributed by atoms with E-state index in [4.69, 9.17) is 9.47 Å². The van der Waals surface area contributed by atoms with Crippen molar-refractivity contribution in [1.29, 1.82) is 0 Å². The average molecular weight is 314 g/mol. The van der Waals surface area contributed by atoms with Crippen LogP contribution >= 0.6 is 0 Å². The number of allylic oxidation sites excluding steroid dienone is 2. The Balaban J connectivity index is 1.42. The zero-order valence-corrected chi connectivity index (χ0v) is 13.2. The molecule has 1 aromatic carbocycles. The third-order valence-electron chi connectivity index (χ3n) is 4.91. The van der Waals surface area contributed by atoms with Gasteiger partial charge in [-0.25, -0.2) is 4.79 Å². The number of nitrogens with zero attached hydrogens (tertiary/aromatic N) is 1. The molecule has 2 atom stereocenters. The molecule has 23 heavy (non-hydrogen) atoms. The van der Waals surface area contributed by atoms with E-state index < -0.39 is 0 Å². The smallest absolute Gasteiger partial charge is 0.321 e. The summed E-state index contributed by atoms with van der Waals surface area (Å²) in [7, 11) is 0. The second-order valence-electron chi connectivity index (χ2n) is 6.51. The minimum absolute atomic E-state index is 0.0195. The average Bonchev–Trinajstić information content (AvgIpc) is 2.87. The molecular weight excluding hydrogens is 292 g/mol. The first-order valence-electron chi connectivity index (χ1n) is 8.40. The Labute approximate surface area is 136 Å². The summed E-state index contributed by atoms with van der Waals surface area (Å²) in [5.74, 6) is 2.70. The normalized spacial score (nSPS) is 25.7. The molecule has 1 aliphatic carbocycles. The molecule has 2 aliphatic heterocycles. The van der Waals surface area contributed by atoms with Gasteiger partial charge in [0.05, 0.1) is 13.2 Å². The van der Waals surface area contributed by atoms with Crippen molar-refractivity contribution in [2.45, 2.75) is 19.3 Å². The third-order valence-corrected chi connectivity index (χ3v) is 4.91. The van der Waals surface area contributed by atoms with Gasteiger partial charge in [0.15, 0.2) is 11.5 Å². The van der Waals surface area contributed by atoms with Crippen LogP contribution in [0.5, 0.6) is 11.5 Å². The summed E-state index contributed by atoms with van der Waals surface area (Å²) in [4.78, 5) is 14.5. The molecule has 0 bridgehead atoms. The highest BCUT2D eigenvalue weighted by atomic mass is 16.5. The van der Waals surface area contributed by atoms with Gasteiger partial charge in [0.1, 0.15) is 0 Å². The van der Waals surface area contributed by atoms with E-state index in [0.29, 0.717) is 30.8 Å². The number of carbonyl (C=O) groups excluding carboxylic acids is 1. The Morgan fingerprint density at radius 3 is 2.48 bits per heavy atom. The molecule has 4 rings (SSSR count). The Kier molecular flexibility index (Phi) is 3.85. The molecule has 122 valence electrons. The van der Waals surface area contributed by atoms with E-state index in [1.54, 1.807) is 0 Å². The van der Waals surface area contributed by atoms with Crippen LogP contribution in [-0.4, -0.2) is 37.2 Å². The van der Waals surface area contributed by atoms with Crippen molar-refractivity contribution in [3.8, 4) is 11.5 Å². The Morgan fingerprint density at radius 1 is 1.04 bits per heavy atom. The fourth-order valence-corrected chi connectivity index (χ4v) is 3.62. The van der Waals surface area contributed by atoms with Gasteiger partial charge in [0.25, 0.3) is 0 Å². The van der Waals surface area contributed by atoms with Gasteiger partial charge in [-0.15, -0.1) is 0 Å². The van der Waals surface area contributed by atoms with Crippen LogP contribution in [0.25, 0.3) is 0 Å². The maximum atomic E-state index is 12.5. The minimum atomic E-state index is -0.0195. The number of amides is 2. The number of carbonyl (C=O) groups is 1. The van der Waals surface area contributed by atoms with E-state index in [2.05, 4.69) is 17.5 Å². The first kappa shape index (κ1) is 14.4. The predicted octanol–water partition coefficient (Wildman–Crippen LogP) is 3.28. The number of fused-ring (bicyclic) bond motifs is 2. The summed E-state index contributed by atoms with van der Waals surface area (Å²) in [6.07, 6.45) is 7.55. The first-order valence-corrected chi connectivity index (χ1v) is 8.40. The van der Waals surface area contributed by atoms with Gasteiger partial charge in [-0.1, -0.05) is 12.2 Å². The number of hydrogen-bond acceptors (Lipinski definition) is 3. The van der Waals surface area contributed by atoms with Crippen LogP contribution in [0, 0.1) is 11.8 Å². The van der Waals surface area contributed by atoms with Crippen LogP contribution in [0.2, 0.25) is 0 Å². The predicted molar refractivity (Wildman–Crippen MR) is 88.0 cm³/mol. The highest BCUT2D eigenvalue weighted by molar-refractivity contribution is 5.90. The van der Waals surface area contributed by atoms with Crippen LogP contribution in [0.3, 0.4) is 0 Å². The van der Waals surface area contributed by atoms with Gasteiger partial charge < -0.3 is 19.7 Å². The monoisotopic (exact) mass is 314 g/mol.